The molecule has 0 spiro atoms. The fourth-order valence-electron chi connectivity index (χ4n) is 2.10. The average molecular weight is 245 g/mol. The average Bonchev–Trinajstić information content (AvgIpc) is 2.69. The van der Waals surface area contributed by atoms with Crippen LogP contribution in [0, 0.1) is 5.92 Å². The minimum absolute atomic E-state index is 0.0125. The highest BCUT2D eigenvalue weighted by atomic mass is 16.2. The molecule has 2 aromatic rings. The van der Waals surface area contributed by atoms with E-state index in [0.717, 1.165) is 17.4 Å². The van der Waals surface area contributed by atoms with E-state index in [-0.39, 0.29) is 5.91 Å². The molecular weight excluding hydrogens is 226 g/mol. The fraction of sp³-hybridized carbons (Fsp3) is 0.357. The van der Waals surface area contributed by atoms with Gasteiger partial charge in [-0.15, -0.1) is 0 Å². The Morgan fingerprint density at radius 3 is 2.78 bits per heavy atom. The second-order valence-electron chi connectivity index (χ2n) is 5.11. The van der Waals surface area contributed by atoms with E-state index < -0.39 is 0 Å². The second kappa shape index (κ2) is 4.72. The lowest BCUT2D eigenvalue weighted by atomic mass is 10.2. The third-order valence-electron chi connectivity index (χ3n) is 2.86. The van der Waals surface area contributed by atoms with Crippen molar-refractivity contribution in [3.05, 3.63) is 30.0 Å². The standard InChI is InChI=1S/C14H19N3O/c1-9(2)8-17(3)14(18)13-7-10-6-11(15)4-5-12(10)16-13/h4-7,9,16H,8,15H2,1-3H3. The number of aromatic nitrogens is 1. The van der Waals surface area contributed by atoms with Crippen molar-refractivity contribution in [3.63, 3.8) is 0 Å². The van der Waals surface area contributed by atoms with Gasteiger partial charge >= 0.3 is 0 Å². The summed E-state index contributed by atoms with van der Waals surface area (Å²) in [7, 11) is 1.82. The number of fused-ring (bicyclic) bond motifs is 1. The third-order valence-corrected chi connectivity index (χ3v) is 2.86. The summed E-state index contributed by atoms with van der Waals surface area (Å²) in [5.74, 6) is 0.470. The Balaban J connectivity index is 2.28. The topological polar surface area (TPSA) is 62.1 Å². The number of hydrogen-bond acceptors (Lipinski definition) is 2. The zero-order valence-corrected chi connectivity index (χ0v) is 11.0. The van der Waals surface area contributed by atoms with Gasteiger partial charge in [-0.3, -0.25) is 4.79 Å². The first-order valence-corrected chi connectivity index (χ1v) is 6.11. The summed E-state index contributed by atoms with van der Waals surface area (Å²) in [5, 5.41) is 0.969. The van der Waals surface area contributed by atoms with Gasteiger partial charge in [0.25, 0.3) is 5.91 Å². The summed E-state index contributed by atoms with van der Waals surface area (Å²) in [6.45, 7) is 4.93. The van der Waals surface area contributed by atoms with E-state index in [1.54, 1.807) is 4.90 Å². The van der Waals surface area contributed by atoms with E-state index in [9.17, 15) is 4.79 Å². The Morgan fingerprint density at radius 1 is 1.39 bits per heavy atom. The first-order valence-electron chi connectivity index (χ1n) is 6.11. The lowest BCUT2D eigenvalue weighted by molar-refractivity contribution is 0.0774. The number of hydrogen-bond donors (Lipinski definition) is 2. The smallest absolute Gasteiger partial charge is 0.270 e. The number of rotatable bonds is 3. The molecule has 1 heterocycles. The van der Waals surface area contributed by atoms with Gasteiger partial charge in [-0.1, -0.05) is 13.8 Å². The molecule has 3 N–H and O–H groups in total. The number of anilines is 1. The van der Waals surface area contributed by atoms with E-state index in [1.165, 1.54) is 0 Å². The van der Waals surface area contributed by atoms with Crippen molar-refractivity contribution in [3.8, 4) is 0 Å². The van der Waals surface area contributed by atoms with E-state index in [4.69, 9.17) is 5.73 Å². The van der Waals surface area contributed by atoms with E-state index in [0.29, 0.717) is 17.3 Å². The SMILES string of the molecule is CC(C)CN(C)C(=O)c1cc2cc(N)ccc2[nH]1. The van der Waals surface area contributed by atoms with Crippen LogP contribution in [0.1, 0.15) is 24.3 Å². The van der Waals surface area contributed by atoms with Gasteiger partial charge in [0.2, 0.25) is 0 Å². The van der Waals surface area contributed by atoms with Crippen molar-refractivity contribution < 1.29 is 4.79 Å². The van der Waals surface area contributed by atoms with Crippen LogP contribution in [-0.4, -0.2) is 29.4 Å². The molecule has 2 rings (SSSR count). The first-order chi connectivity index (χ1) is 8.47. The van der Waals surface area contributed by atoms with Crippen molar-refractivity contribution in [2.24, 2.45) is 5.92 Å². The number of benzene rings is 1. The number of nitrogens with zero attached hydrogens (tertiary/aromatic N) is 1. The quantitative estimate of drug-likeness (QED) is 0.816. The number of H-pyrrole nitrogens is 1. The van der Waals surface area contributed by atoms with Crippen LogP contribution >= 0.6 is 0 Å². The maximum absolute atomic E-state index is 12.2. The molecule has 0 radical (unpaired) electrons. The van der Waals surface area contributed by atoms with Gasteiger partial charge in [-0.05, 0) is 30.2 Å². The zero-order chi connectivity index (χ0) is 13.3. The monoisotopic (exact) mass is 245 g/mol. The molecule has 0 saturated carbocycles. The molecule has 1 aromatic heterocycles. The number of carbonyl (C=O) groups is 1. The summed E-state index contributed by atoms with van der Waals surface area (Å²) < 4.78 is 0. The number of carbonyl (C=O) groups excluding carboxylic acids is 1. The summed E-state index contributed by atoms with van der Waals surface area (Å²) in [4.78, 5) is 17.1. The summed E-state index contributed by atoms with van der Waals surface area (Å²) in [6, 6.07) is 7.44. The van der Waals surface area contributed by atoms with Crippen molar-refractivity contribution in [2.45, 2.75) is 13.8 Å². The van der Waals surface area contributed by atoms with Gasteiger partial charge in [0.1, 0.15) is 5.69 Å². The van der Waals surface area contributed by atoms with Crippen molar-refractivity contribution in [1.82, 2.24) is 9.88 Å². The predicted octanol–water partition coefficient (Wildman–Crippen LogP) is 2.48. The molecule has 1 aromatic carbocycles. The number of amides is 1. The minimum atomic E-state index is 0.0125. The Kier molecular flexibility index (Phi) is 3.28. The Morgan fingerprint density at radius 2 is 2.11 bits per heavy atom. The number of nitrogen functional groups attached to an aromatic ring is 1. The molecule has 0 aliphatic heterocycles. The third kappa shape index (κ3) is 2.47. The summed E-state index contributed by atoms with van der Waals surface area (Å²) >= 11 is 0. The lowest BCUT2D eigenvalue weighted by Gasteiger charge is -2.18. The lowest BCUT2D eigenvalue weighted by Crippen LogP contribution is -2.30. The van der Waals surface area contributed by atoms with Gasteiger partial charge in [-0.2, -0.15) is 0 Å². The van der Waals surface area contributed by atoms with Crippen LogP contribution in [0.3, 0.4) is 0 Å². The maximum atomic E-state index is 12.2. The molecule has 4 heteroatoms. The van der Waals surface area contributed by atoms with Crippen LogP contribution in [0.2, 0.25) is 0 Å². The highest BCUT2D eigenvalue weighted by molar-refractivity contribution is 5.98. The molecule has 96 valence electrons. The van der Waals surface area contributed by atoms with Gasteiger partial charge in [0, 0.05) is 30.2 Å². The Labute approximate surface area is 107 Å². The van der Waals surface area contributed by atoms with Crippen molar-refractivity contribution in [1.29, 1.82) is 0 Å². The van der Waals surface area contributed by atoms with Gasteiger partial charge in [-0.25, -0.2) is 0 Å². The van der Waals surface area contributed by atoms with Crippen LogP contribution in [0.25, 0.3) is 10.9 Å². The van der Waals surface area contributed by atoms with Crippen LogP contribution in [0.4, 0.5) is 5.69 Å². The summed E-state index contributed by atoms with van der Waals surface area (Å²) in [6.07, 6.45) is 0. The second-order valence-corrected chi connectivity index (χ2v) is 5.11. The van der Waals surface area contributed by atoms with Crippen molar-refractivity contribution >= 4 is 22.5 Å². The Hall–Kier alpha value is -1.97. The highest BCUT2D eigenvalue weighted by Crippen LogP contribution is 2.19. The molecule has 18 heavy (non-hydrogen) atoms. The fourth-order valence-corrected chi connectivity index (χ4v) is 2.10. The minimum Gasteiger partial charge on any atom is -0.399 e. The van der Waals surface area contributed by atoms with Crippen LogP contribution in [-0.2, 0) is 0 Å². The number of aromatic amines is 1. The molecule has 0 aliphatic rings. The van der Waals surface area contributed by atoms with E-state index >= 15 is 0 Å². The van der Waals surface area contributed by atoms with Gasteiger partial charge in [0.15, 0.2) is 0 Å². The number of nitrogens with one attached hydrogen (secondary N) is 1. The van der Waals surface area contributed by atoms with Crippen LogP contribution < -0.4 is 5.73 Å². The Bertz CT molecular complexity index is 571. The maximum Gasteiger partial charge on any atom is 0.270 e. The number of nitrogens with two attached hydrogens (primary N) is 1. The molecule has 1 amide bonds. The van der Waals surface area contributed by atoms with Crippen LogP contribution in [0.15, 0.2) is 24.3 Å². The van der Waals surface area contributed by atoms with E-state index in [1.807, 2.05) is 31.3 Å². The largest absolute Gasteiger partial charge is 0.399 e. The molecular formula is C14H19N3O. The first kappa shape index (κ1) is 12.5. The molecule has 0 fully saturated rings. The predicted molar refractivity (Wildman–Crippen MR) is 74.5 cm³/mol. The zero-order valence-electron chi connectivity index (χ0n) is 11.0. The molecule has 0 unspecified atom stereocenters. The molecule has 4 nitrogen and oxygen atoms in total. The van der Waals surface area contributed by atoms with E-state index in [2.05, 4.69) is 18.8 Å². The van der Waals surface area contributed by atoms with Gasteiger partial charge < -0.3 is 15.6 Å². The molecule has 0 bridgehead atoms. The summed E-state index contributed by atoms with van der Waals surface area (Å²) in [5.41, 5.74) is 7.98. The normalized spacial score (nSPS) is 11.1. The van der Waals surface area contributed by atoms with Gasteiger partial charge in [0.05, 0.1) is 0 Å². The highest BCUT2D eigenvalue weighted by Gasteiger charge is 2.15. The van der Waals surface area contributed by atoms with Crippen LogP contribution in [0.5, 0.6) is 0 Å². The molecule has 0 saturated heterocycles. The van der Waals surface area contributed by atoms with Crippen molar-refractivity contribution in [2.75, 3.05) is 19.3 Å². The molecule has 0 aliphatic carbocycles. The molecule has 0 atom stereocenters.